The van der Waals surface area contributed by atoms with Gasteiger partial charge in [-0.2, -0.15) is 8.78 Å². The molecule has 12 heteroatoms. The minimum Gasteiger partial charge on any atom is -0.497 e. The van der Waals surface area contributed by atoms with E-state index in [1.807, 2.05) is 13.8 Å². The molecule has 0 radical (unpaired) electrons. The maximum Gasteiger partial charge on any atom is 0.387 e. The summed E-state index contributed by atoms with van der Waals surface area (Å²) in [5, 5.41) is 0. The van der Waals surface area contributed by atoms with Gasteiger partial charge in [-0.25, -0.2) is 4.99 Å². The first-order valence-electron chi connectivity index (χ1n) is 12.8. The number of carbonyl (C=O) groups is 1. The van der Waals surface area contributed by atoms with Crippen LogP contribution in [0, 0.1) is 0 Å². The van der Waals surface area contributed by atoms with Crippen LogP contribution in [0.15, 0.2) is 57.5 Å². The minimum atomic E-state index is -3.01. The van der Waals surface area contributed by atoms with Crippen LogP contribution >= 0.6 is 11.3 Å². The Morgan fingerprint density at radius 1 is 1.05 bits per heavy atom. The molecule has 0 N–H and O–H groups in total. The zero-order chi connectivity index (χ0) is 29.8. The summed E-state index contributed by atoms with van der Waals surface area (Å²) in [5.74, 6) is 0.740. The quantitative estimate of drug-likeness (QED) is 0.359. The van der Waals surface area contributed by atoms with Crippen molar-refractivity contribution in [3.63, 3.8) is 0 Å². The fraction of sp³-hybridized carbons (Fsp3) is 0.345. The van der Waals surface area contributed by atoms with Crippen molar-refractivity contribution in [2.75, 3.05) is 34.4 Å². The van der Waals surface area contributed by atoms with Crippen molar-refractivity contribution in [2.24, 2.45) is 4.99 Å². The smallest absolute Gasteiger partial charge is 0.387 e. The number of halogens is 2. The molecule has 0 saturated heterocycles. The van der Waals surface area contributed by atoms with Crippen LogP contribution in [0.25, 0.3) is 6.08 Å². The number of hydrogen-bond acceptors (Lipinski definition) is 8. The average molecular weight is 588 g/mol. The van der Waals surface area contributed by atoms with Crippen LogP contribution < -0.4 is 33.8 Å². The molecule has 3 aromatic rings. The van der Waals surface area contributed by atoms with Crippen LogP contribution in [0.3, 0.4) is 0 Å². The number of aromatic nitrogens is 1. The Morgan fingerprint density at radius 2 is 1.73 bits per heavy atom. The van der Waals surface area contributed by atoms with E-state index in [4.69, 9.17) is 14.2 Å². The lowest BCUT2D eigenvalue weighted by Gasteiger charge is -2.30. The molecule has 4 rings (SSSR count). The number of alkyl halides is 2. The number of ether oxygens (including phenoxy) is 4. The normalized spacial score (nSPS) is 15.0. The SMILES string of the molecule is CCN(CC)C(=O)C1=C(C)N=c2s/c(=C\c3ccc(OC(F)F)c(OC)c3)c(=O)n2[C@H]1c1cc(OC)ccc1OC. The van der Waals surface area contributed by atoms with Gasteiger partial charge in [-0.1, -0.05) is 17.4 Å². The predicted octanol–water partition coefficient (Wildman–Crippen LogP) is 3.73. The van der Waals surface area contributed by atoms with Gasteiger partial charge in [0.1, 0.15) is 17.5 Å². The van der Waals surface area contributed by atoms with Gasteiger partial charge in [0.25, 0.3) is 11.5 Å². The fourth-order valence-corrected chi connectivity index (χ4v) is 5.79. The zero-order valence-corrected chi connectivity index (χ0v) is 24.4. The summed E-state index contributed by atoms with van der Waals surface area (Å²) in [6.45, 7) is 3.47. The second-order valence-electron chi connectivity index (χ2n) is 8.96. The molecule has 2 heterocycles. The van der Waals surface area contributed by atoms with E-state index in [0.29, 0.717) is 56.3 Å². The third-order valence-electron chi connectivity index (χ3n) is 6.74. The van der Waals surface area contributed by atoms with E-state index in [0.717, 1.165) is 11.3 Å². The number of likely N-dealkylation sites (N-methyl/N-ethyl adjacent to an activating group) is 1. The fourth-order valence-electron chi connectivity index (χ4n) is 4.74. The van der Waals surface area contributed by atoms with Gasteiger partial charge < -0.3 is 23.8 Å². The van der Waals surface area contributed by atoms with Gasteiger partial charge in [0.05, 0.1) is 37.1 Å². The molecule has 1 aliphatic heterocycles. The van der Waals surface area contributed by atoms with Crippen LogP contribution in [0.4, 0.5) is 8.78 Å². The molecule has 0 saturated carbocycles. The minimum absolute atomic E-state index is 0.0915. The monoisotopic (exact) mass is 587 g/mol. The van der Waals surface area contributed by atoms with E-state index in [2.05, 4.69) is 9.73 Å². The maximum atomic E-state index is 14.0. The maximum absolute atomic E-state index is 14.0. The highest BCUT2D eigenvalue weighted by Gasteiger charge is 2.36. The summed E-state index contributed by atoms with van der Waals surface area (Å²) in [4.78, 5) is 34.6. The third-order valence-corrected chi connectivity index (χ3v) is 7.72. The van der Waals surface area contributed by atoms with Crippen molar-refractivity contribution in [3.05, 3.63) is 78.5 Å². The van der Waals surface area contributed by atoms with E-state index >= 15 is 0 Å². The molecule has 9 nitrogen and oxygen atoms in total. The topological polar surface area (TPSA) is 91.6 Å². The van der Waals surface area contributed by atoms with E-state index in [9.17, 15) is 18.4 Å². The standard InChI is InChI=1S/C29H31F2N3O6S/c1-7-33(8-2)27(36)24-16(3)32-29-34(25(24)19-15-18(37-4)10-12-20(19)38-5)26(35)23(41-29)14-17-9-11-21(40-28(30)31)22(13-17)39-6/h9-15,25,28H,7-8H2,1-6H3/b23-14-/t25-/m0/s1. The van der Waals surface area contributed by atoms with Crippen LogP contribution in [0.5, 0.6) is 23.0 Å². The van der Waals surface area contributed by atoms with Crippen LogP contribution in [0.1, 0.15) is 37.9 Å². The molecule has 1 aromatic heterocycles. The molecule has 1 atom stereocenters. The molecule has 0 aliphatic carbocycles. The number of thiazole rings is 1. The van der Waals surface area contributed by atoms with E-state index in [1.54, 1.807) is 42.2 Å². The molecule has 41 heavy (non-hydrogen) atoms. The highest BCUT2D eigenvalue weighted by atomic mass is 32.1. The van der Waals surface area contributed by atoms with Gasteiger partial charge in [-0.3, -0.25) is 14.2 Å². The Balaban J connectivity index is 1.97. The van der Waals surface area contributed by atoms with Crippen LogP contribution in [-0.4, -0.2) is 56.4 Å². The lowest BCUT2D eigenvalue weighted by Crippen LogP contribution is -2.43. The first-order chi connectivity index (χ1) is 19.7. The van der Waals surface area contributed by atoms with Gasteiger partial charge in [0, 0.05) is 18.7 Å². The first-order valence-corrected chi connectivity index (χ1v) is 13.7. The molecular formula is C29H31F2N3O6S. The molecule has 0 spiro atoms. The number of carbonyl (C=O) groups excluding carboxylic acids is 1. The van der Waals surface area contributed by atoms with Crippen LogP contribution in [-0.2, 0) is 4.79 Å². The van der Waals surface area contributed by atoms with Crippen molar-refractivity contribution in [1.29, 1.82) is 0 Å². The summed E-state index contributed by atoms with van der Waals surface area (Å²) < 4.78 is 48.2. The molecule has 1 amide bonds. The molecule has 0 unspecified atom stereocenters. The van der Waals surface area contributed by atoms with Crippen molar-refractivity contribution >= 4 is 23.3 Å². The number of hydrogen-bond donors (Lipinski definition) is 0. The average Bonchev–Trinajstić information content (AvgIpc) is 3.26. The van der Waals surface area contributed by atoms with E-state index in [-0.39, 0.29) is 23.0 Å². The summed E-state index contributed by atoms with van der Waals surface area (Å²) in [6, 6.07) is 8.77. The van der Waals surface area contributed by atoms with Gasteiger partial charge in [0.2, 0.25) is 0 Å². The lowest BCUT2D eigenvalue weighted by molar-refractivity contribution is -0.127. The molecule has 0 fully saturated rings. The summed E-state index contributed by atoms with van der Waals surface area (Å²) in [7, 11) is 4.39. The van der Waals surface area contributed by atoms with E-state index < -0.39 is 12.7 Å². The second-order valence-corrected chi connectivity index (χ2v) is 9.97. The van der Waals surface area contributed by atoms with Crippen molar-refractivity contribution < 1.29 is 32.5 Å². The summed E-state index contributed by atoms with van der Waals surface area (Å²) in [6.07, 6.45) is 1.61. The molecule has 218 valence electrons. The zero-order valence-electron chi connectivity index (χ0n) is 23.6. The molecule has 2 aromatic carbocycles. The lowest BCUT2D eigenvalue weighted by atomic mass is 9.93. The van der Waals surface area contributed by atoms with Gasteiger partial charge in [-0.15, -0.1) is 0 Å². The van der Waals surface area contributed by atoms with Crippen molar-refractivity contribution in [1.82, 2.24) is 9.47 Å². The Hall–Kier alpha value is -4.19. The largest absolute Gasteiger partial charge is 0.497 e. The molecular weight excluding hydrogens is 556 g/mol. The number of methoxy groups -OCH3 is 3. The highest BCUT2D eigenvalue weighted by Crippen LogP contribution is 2.38. The number of fused-ring (bicyclic) bond motifs is 1. The van der Waals surface area contributed by atoms with Crippen LogP contribution in [0.2, 0.25) is 0 Å². The molecule has 1 aliphatic rings. The van der Waals surface area contributed by atoms with Crippen molar-refractivity contribution in [3.8, 4) is 23.0 Å². The van der Waals surface area contributed by atoms with Gasteiger partial charge in [0.15, 0.2) is 16.3 Å². The number of amides is 1. The summed E-state index contributed by atoms with van der Waals surface area (Å²) in [5.41, 5.74) is 1.56. The Morgan fingerprint density at radius 3 is 2.34 bits per heavy atom. The van der Waals surface area contributed by atoms with E-state index in [1.165, 1.54) is 38.0 Å². The highest BCUT2D eigenvalue weighted by molar-refractivity contribution is 7.07. The number of nitrogens with zero attached hydrogens (tertiary/aromatic N) is 3. The van der Waals surface area contributed by atoms with Gasteiger partial charge in [-0.05, 0) is 62.7 Å². The van der Waals surface area contributed by atoms with Gasteiger partial charge >= 0.3 is 6.61 Å². The Kier molecular flexibility index (Phi) is 9.11. The first kappa shape index (κ1) is 29.8. The number of rotatable bonds is 10. The number of allylic oxidation sites excluding steroid dienone is 1. The Bertz CT molecular complexity index is 1660. The Labute approximate surface area is 239 Å². The number of benzene rings is 2. The molecule has 0 bridgehead atoms. The summed E-state index contributed by atoms with van der Waals surface area (Å²) >= 11 is 1.15. The van der Waals surface area contributed by atoms with Crippen molar-refractivity contribution in [2.45, 2.75) is 33.4 Å². The third kappa shape index (κ3) is 5.83. The second kappa shape index (κ2) is 12.5. The predicted molar refractivity (Wildman–Crippen MR) is 151 cm³/mol.